The van der Waals surface area contributed by atoms with Gasteiger partial charge in [-0.15, -0.1) is 0 Å². The van der Waals surface area contributed by atoms with E-state index in [0.717, 1.165) is 30.5 Å². The molecule has 1 aliphatic rings. The molecule has 98 valence electrons. The van der Waals surface area contributed by atoms with E-state index in [2.05, 4.69) is 5.32 Å². The van der Waals surface area contributed by atoms with Crippen molar-refractivity contribution < 1.29 is 9.90 Å². The van der Waals surface area contributed by atoms with Crippen LogP contribution in [0.5, 0.6) is 0 Å². The summed E-state index contributed by atoms with van der Waals surface area (Å²) >= 11 is 0. The number of anilines is 1. The largest absolute Gasteiger partial charge is 0.479 e. The predicted octanol–water partition coefficient (Wildman–Crippen LogP) is 3.44. The fraction of sp³-hybridized carbons (Fsp3) is 0.533. The molecule has 2 atom stereocenters. The molecule has 2 N–H and O–H groups in total. The lowest BCUT2D eigenvalue weighted by Gasteiger charge is -2.40. The van der Waals surface area contributed by atoms with Gasteiger partial charge in [-0.2, -0.15) is 0 Å². The van der Waals surface area contributed by atoms with E-state index in [4.69, 9.17) is 0 Å². The number of nitrogens with one attached hydrogen (secondary N) is 1. The van der Waals surface area contributed by atoms with Gasteiger partial charge in [0.15, 0.2) is 0 Å². The molecule has 1 aromatic carbocycles. The monoisotopic (exact) mass is 247 g/mol. The van der Waals surface area contributed by atoms with Crippen LogP contribution in [-0.2, 0) is 4.79 Å². The normalized spacial score (nSPS) is 27.8. The van der Waals surface area contributed by atoms with Gasteiger partial charge in [0, 0.05) is 5.69 Å². The van der Waals surface area contributed by atoms with Gasteiger partial charge in [-0.05, 0) is 37.3 Å². The number of rotatable bonds is 3. The van der Waals surface area contributed by atoms with Crippen LogP contribution in [0, 0.1) is 12.8 Å². The van der Waals surface area contributed by atoms with Crippen molar-refractivity contribution in [1.29, 1.82) is 0 Å². The Morgan fingerprint density at radius 3 is 2.72 bits per heavy atom. The SMILES string of the molecule is Cc1ccccc1NC1(C(=O)O)CCCCC1C. The highest BCUT2D eigenvalue weighted by molar-refractivity contribution is 5.83. The molecule has 3 nitrogen and oxygen atoms in total. The molecule has 0 aromatic heterocycles. The van der Waals surface area contributed by atoms with Crippen molar-refractivity contribution in [2.24, 2.45) is 5.92 Å². The minimum Gasteiger partial charge on any atom is -0.479 e. The standard InChI is InChI=1S/C15H21NO2/c1-11-7-3-4-9-13(11)16-15(14(17)18)10-6-5-8-12(15)2/h3-4,7,9,12,16H,5-6,8,10H2,1-2H3,(H,17,18). The second-order valence-corrected chi connectivity index (χ2v) is 5.36. The number of benzene rings is 1. The van der Waals surface area contributed by atoms with Crippen molar-refractivity contribution in [2.75, 3.05) is 5.32 Å². The molecule has 1 saturated carbocycles. The molecule has 3 heteroatoms. The number of carbonyl (C=O) groups is 1. The molecule has 0 aliphatic heterocycles. The van der Waals surface area contributed by atoms with Crippen molar-refractivity contribution in [1.82, 2.24) is 0 Å². The predicted molar refractivity (Wildman–Crippen MR) is 72.8 cm³/mol. The number of hydrogen-bond acceptors (Lipinski definition) is 2. The topological polar surface area (TPSA) is 49.3 Å². The Bertz CT molecular complexity index is 444. The first kappa shape index (κ1) is 12.9. The molecule has 1 fully saturated rings. The number of carboxylic acids is 1. The van der Waals surface area contributed by atoms with Crippen LogP contribution < -0.4 is 5.32 Å². The summed E-state index contributed by atoms with van der Waals surface area (Å²) < 4.78 is 0. The highest BCUT2D eigenvalue weighted by Crippen LogP contribution is 2.37. The van der Waals surface area contributed by atoms with Gasteiger partial charge >= 0.3 is 5.97 Å². The first-order valence-corrected chi connectivity index (χ1v) is 6.63. The molecule has 2 unspecified atom stereocenters. The van der Waals surface area contributed by atoms with Gasteiger partial charge in [-0.3, -0.25) is 0 Å². The summed E-state index contributed by atoms with van der Waals surface area (Å²) in [5, 5.41) is 13.0. The van der Waals surface area contributed by atoms with Crippen molar-refractivity contribution >= 4 is 11.7 Å². The fourth-order valence-electron chi connectivity index (χ4n) is 2.86. The van der Waals surface area contributed by atoms with E-state index < -0.39 is 11.5 Å². The highest BCUT2D eigenvalue weighted by atomic mass is 16.4. The van der Waals surface area contributed by atoms with Crippen molar-refractivity contribution in [2.45, 2.75) is 45.1 Å². The summed E-state index contributed by atoms with van der Waals surface area (Å²) in [4.78, 5) is 11.7. The van der Waals surface area contributed by atoms with E-state index in [1.165, 1.54) is 0 Å². The van der Waals surface area contributed by atoms with Gasteiger partial charge in [0.25, 0.3) is 0 Å². The zero-order valence-electron chi connectivity index (χ0n) is 11.1. The fourth-order valence-corrected chi connectivity index (χ4v) is 2.86. The van der Waals surface area contributed by atoms with Crippen LogP contribution in [-0.4, -0.2) is 16.6 Å². The summed E-state index contributed by atoms with van der Waals surface area (Å²) in [6.45, 7) is 4.05. The van der Waals surface area contributed by atoms with Gasteiger partial charge in [-0.25, -0.2) is 4.79 Å². The summed E-state index contributed by atoms with van der Waals surface area (Å²) in [5.74, 6) is -0.568. The van der Waals surface area contributed by atoms with E-state index in [1.54, 1.807) is 0 Å². The summed E-state index contributed by atoms with van der Waals surface area (Å²) in [6, 6.07) is 7.88. The molecule has 0 spiro atoms. The minimum absolute atomic E-state index is 0.156. The van der Waals surface area contributed by atoms with Crippen LogP contribution in [0.25, 0.3) is 0 Å². The number of aliphatic carboxylic acids is 1. The molecule has 1 aromatic rings. The second-order valence-electron chi connectivity index (χ2n) is 5.36. The van der Waals surface area contributed by atoms with Crippen LogP contribution in [0.4, 0.5) is 5.69 Å². The number of carboxylic acid groups (broad SMARTS) is 1. The summed E-state index contributed by atoms with van der Waals surface area (Å²) in [7, 11) is 0. The third-order valence-corrected chi connectivity index (χ3v) is 4.18. The number of hydrogen-bond donors (Lipinski definition) is 2. The molecule has 0 saturated heterocycles. The van der Waals surface area contributed by atoms with E-state index >= 15 is 0 Å². The van der Waals surface area contributed by atoms with Crippen molar-refractivity contribution in [3.05, 3.63) is 29.8 Å². The zero-order chi connectivity index (χ0) is 13.2. The van der Waals surface area contributed by atoms with Crippen LogP contribution in [0.15, 0.2) is 24.3 Å². The Labute approximate surface area is 108 Å². The van der Waals surface area contributed by atoms with Crippen LogP contribution in [0.1, 0.15) is 38.2 Å². The smallest absolute Gasteiger partial charge is 0.329 e. The Hall–Kier alpha value is -1.51. The van der Waals surface area contributed by atoms with Crippen molar-refractivity contribution in [3.8, 4) is 0 Å². The number of para-hydroxylation sites is 1. The quantitative estimate of drug-likeness (QED) is 0.860. The molecule has 0 radical (unpaired) electrons. The van der Waals surface area contributed by atoms with Crippen LogP contribution in [0.3, 0.4) is 0 Å². The Kier molecular flexibility index (Phi) is 3.60. The molecule has 0 bridgehead atoms. The Balaban J connectivity index is 2.32. The first-order valence-electron chi connectivity index (χ1n) is 6.63. The molecule has 0 heterocycles. The number of aryl methyl sites for hydroxylation is 1. The average Bonchev–Trinajstić information content (AvgIpc) is 2.34. The lowest BCUT2D eigenvalue weighted by molar-refractivity contribution is -0.145. The molecule has 18 heavy (non-hydrogen) atoms. The molecule has 1 aliphatic carbocycles. The van der Waals surface area contributed by atoms with E-state index in [-0.39, 0.29) is 5.92 Å². The Morgan fingerprint density at radius 2 is 2.11 bits per heavy atom. The molecule has 2 rings (SSSR count). The molecular weight excluding hydrogens is 226 g/mol. The van der Waals surface area contributed by atoms with Gasteiger partial charge in [-0.1, -0.05) is 38.0 Å². The maximum Gasteiger partial charge on any atom is 0.329 e. The minimum atomic E-state index is -0.801. The molecular formula is C15H21NO2. The van der Waals surface area contributed by atoms with E-state index in [1.807, 2.05) is 38.1 Å². The third kappa shape index (κ3) is 2.22. The lowest BCUT2D eigenvalue weighted by atomic mass is 9.73. The van der Waals surface area contributed by atoms with E-state index in [0.29, 0.717) is 6.42 Å². The first-order chi connectivity index (χ1) is 8.56. The maximum atomic E-state index is 11.7. The van der Waals surface area contributed by atoms with Gasteiger partial charge in [0.1, 0.15) is 5.54 Å². The van der Waals surface area contributed by atoms with Crippen molar-refractivity contribution in [3.63, 3.8) is 0 Å². The maximum absolute atomic E-state index is 11.7. The van der Waals surface area contributed by atoms with Gasteiger partial charge < -0.3 is 10.4 Å². The van der Waals surface area contributed by atoms with Gasteiger partial charge in [0.2, 0.25) is 0 Å². The summed E-state index contributed by atoms with van der Waals surface area (Å²) in [5.41, 5.74) is 1.23. The average molecular weight is 247 g/mol. The van der Waals surface area contributed by atoms with Gasteiger partial charge in [0.05, 0.1) is 0 Å². The van der Waals surface area contributed by atoms with Crippen LogP contribution >= 0.6 is 0 Å². The second kappa shape index (κ2) is 5.01. The third-order valence-electron chi connectivity index (χ3n) is 4.18. The summed E-state index contributed by atoms with van der Waals surface area (Å²) in [6.07, 6.45) is 3.80. The van der Waals surface area contributed by atoms with E-state index in [9.17, 15) is 9.90 Å². The Morgan fingerprint density at radius 1 is 1.39 bits per heavy atom. The lowest BCUT2D eigenvalue weighted by Crippen LogP contribution is -2.53. The zero-order valence-corrected chi connectivity index (χ0v) is 11.1. The highest BCUT2D eigenvalue weighted by Gasteiger charge is 2.45. The van der Waals surface area contributed by atoms with Crippen LogP contribution in [0.2, 0.25) is 0 Å². The molecule has 0 amide bonds.